The van der Waals surface area contributed by atoms with Crippen molar-refractivity contribution in [1.82, 2.24) is 15.0 Å². The minimum Gasteiger partial charge on any atom is -0.508 e. The highest BCUT2D eigenvalue weighted by molar-refractivity contribution is 6.31. The van der Waals surface area contributed by atoms with Crippen LogP contribution >= 0.6 is 11.6 Å². The lowest BCUT2D eigenvalue weighted by Gasteiger charge is -2.29. The molecule has 3 aromatic carbocycles. The molecule has 0 aliphatic carbocycles. The fourth-order valence-electron chi connectivity index (χ4n) is 3.74. The number of hydrogen-bond donors (Lipinski definition) is 1. The maximum absolute atomic E-state index is 9.85. The number of benzene rings is 3. The quantitative estimate of drug-likeness (QED) is 0.368. The molecule has 0 unspecified atom stereocenters. The predicted molar refractivity (Wildman–Crippen MR) is 128 cm³/mol. The van der Waals surface area contributed by atoms with E-state index >= 15 is 0 Å². The number of aromatic hydroxyl groups is 1. The standard InChI is InChI=1S/C26H28ClN3O/c1-25(2,3)17-13-20(26(4,5)6)24(16-7-10-19(31)11-8-16)23(14-17)30-28-21-12-9-18(27)15-22(21)29-30/h7-15,31H,1-6H3. The lowest BCUT2D eigenvalue weighted by molar-refractivity contribution is 0.475. The van der Waals surface area contributed by atoms with E-state index in [0.29, 0.717) is 5.02 Å². The van der Waals surface area contributed by atoms with Gasteiger partial charge in [-0.2, -0.15) is 0 Å². The van der Waals surface area contributed by atoms with Crippen LogP contribution in [0, 0.1) is 0 Å². The van der Waals surface area contributed by atoms with Gasteiger partial charge in [0.2, 0.25) is 0 Å². The Morgan fingerprint density at radius 1 is 0.774 bits per heavy atom. The Morgan fingerprint density at radius 3 is 2.03 bits per heavy atom. The van der Waals surface area contributed by atoms with Crippen LogP contribution in [0.1, 0.15) is 52.7 Å². The number of fused-ring (bicyclic) bond motifs is 1. The molecule has 0 bridgehead atoms. The topological polar surface area (TPSA) is 50.9 Å². The summed E-state index contributed by atoms with van der Waals surface area (Å²) >= 11 is 6.19. The fraction of sp³-hybridized carbons (Fsp3) is 0.308. The van der Waals surface area contributed by atoms with Crippen molar-refractivity contribution in [2.45, 2.75) is 52.4 Å². The van der Waals surface area contributed by atoms with E-state index in [1.165, 1.54) is 11.1 Å². The molecular formula is C26H28ClN3O. The predicted octanol–water partition coefficient (Wildman–Crippen LogP) is 7.04. The maximum atomic E-state index is 9.85. The van der Waals surface area contributed by atoms with Gasteiger partial charge in [-0.3, -0.25) is 0 Å². The minimum absolute atomic E-state index is 0.0435. The van der Waals surface area contributed by atoms with Gasteiger partial charge >= 0.3 is 0 Å². The Kier molecular flexibility index (Phi) is 5.09. The van der Waals surface area contributed by atoms with Gasteiger partial charge in [0.05, 0.1) is 5.69 Å². The monoisotopic (exact) mass is 433 g/mol. The van der Waals surface area contributed by atoms with Crippen molar-refractivity contribution in [2.24, 2.45) is 0 Å². The van der Waals surface area contributed by atoms with E-state index in [4.69, 9.17) is 21.8 Å². The minimum atomic E-state index is -0.112. The molecular weight excluding hydrogens is 406 g/mol. The van der Waals surface area contributed by atoms with Crippen LogP contribution in [-0.2, 0) is 10.8 Å². The van der Waals surface area contributed by atoms with Crippen molar-refractivity contribution in [3.8, 4) is 22.6 Å². The zero-order valence-corrected chi connectivity index (χ0v) is 19.6. The van der Waals surface area contributed by atoms with Crippen molar-refractivity contribution >= 4 is 22.6 Å². The smallest absolute Gasteiger partial charge is 0.115 e. The van der Waals surface area contributed by atoms with Crippen LogP contribution in [0.4, 0.5) is 0 Å². The largest absolute Gasteiger partial charge is 0.508 e. The molecule has 0 radical (unpaired) electrons. The number of nitrogens with zero attached hydrogens (tertiary/aromatic N) is 3. The average Bonchev–Trinajstić information content (AvgIpc) is 3.09. The first kappa shape index (κ1) is 21.4. The van der Waals surface area contributed by atoms with Crippen LogP contribution in [0.15, 0.2) is 54.6 Å². The van der Waals surface area contributed by atoms with Crippen LogP contribution < -0.4 is 0 Å². The lowest BCUT2D eigenvalue weighted by Crippen LogP contribution is -2.19. The van der Waals surface area contributed by atoms with Gasteiger partial charge in [-0.1, -0.05) is 71.3 Å². The summed E-state index contributed by atoms with van der Waals surface area (Å²) in [5.74, 6) is 0.242. The normalized spacial score (nSPS) is 12.5. The molecule has 4 aromatic rings. The second kappa shape index (κ2) is 7.38. The molecule has 0 atom stereocenters. The maximum Gasteiger partial charge on any atom is 0.115 e. The Balaban J connectivity index is 2.10. The lowest BCUT2D eigenvalue weighted by atomic mass is 9.76. The third-order valence-corrected chi connectivity index (χ3v) is 5.74. The van der Waals surface area contributed by atoms with Gasteiger partial charge < -0.3 is 5.11 Å². The zero-order valence-electron chi connectivity index (χ0n) is 18.9. The van der Waals surface area contributed by atoms with Crippen molar-refractivity contribution in [1.29, 1.82) is 0 Å². The van der Waals surface area contributed by atoms with Gasteiger partial charge in [0.15, 0.2) is 0 Å². The van der Waals surface area contributed by atoms with Gasteiger partial charge in [-0.15, -0.1) is 15.0 Å². The van der Waals surface area contributed by atoms with E-state index in [1.807, 2.05) is 30.3 Å². The first-order valence-corrected chi connectivity index (χ1v) is 10.8. The molecule has 1 N–H and O–H groups in total. The molecule has 160 valence electrons. The number of hydrogen-bond acceptors (Lipinski definition) is 3. The molecule has 4 nitrogen and oxygen atoms in total. The van der Waals surface area contributed by atoms with Crippen LogP contribution in [0.25, 0.3) is 27.8 Å². The second-order valence-electron chi connectivity index (χ2n) is 10.1. The number of phenols is 1. The van der Waals surface area contributed by atoms with E-state index in [1.54, 1.807) is 16.9 Å². The van der Waals surface area contributed by atoms with Gasteiger partial charge in [0.1, 0.15) is 16.8 Å². The summed E-state index contributed by atoms with van der Waals surface area (Å²) in [5, 5.41) is 20.0. The Morgan fingerprint density at radius 2 is 1.42 bits per heavy atom. The first-order valence-electron chi connectivity index (χ1n) is 10.4. The van der Waals surface area contributed by atoms with Crippen LogP contribution in [0.5, 0.6) is 5.75 Å². The van der Waals surface area contributed by atoms with Crippen LogP contribution in [0.3, 0.4) is 0 Å². The summed E-state index contributed by atoms with van der Waals surface area (Å²) in [6.07, 6.45) is 0. The third-order valence-electron chi connectivity index (χ3n) is 5.51. The van der Waals surface area contributed by atoms with Gasteiger partial charge in [0, 0.05) is 10.6 Å². The molecule has 0 amide bonds. The molecule has 0 saturated carbocycles. The highest BCUT2D eigenvalue weighted by Crippen LogP contribution is 2.41. The summed E-state index contributed by atoms with van der Waals surface area (Å²) < 4.78 is 0. The summed E-state index contributed by atoms with van der Waals surface area (Å²) in [6, 6.07) is 17.4. The number of phenolic OH excluding ortho intramolecular Hbond substituents is 1. The van der Waals surface area contributed by atoms with Gasteiger partial charge in [-0.05, 0) is 63.9 Å². The molecule has 0 saturated heterocycles. The zero-order chi connectivity index (χ0) is 22.6. The number of rotatable bonds is 2. The molecule has 31 heavy (non-hydrogen) atoms. The van der Waals surface area contributed by atoms with Gasteiger partial charge in [-0.25, -0.2) is 0 Å². The SMILES string of the molecule is CC(C)(C)c1cc(-n2nc3ccc(Cl)cc3n2)c(-c2ccc(O)cc2)c(C(C)(C)C)c1. The summed E-state index contributed by atoms with van der Waals surface area (Å²) in [6.45, 7) is 13.3. The number of aromatic nitrogens is 3. The summed E-state index contributed by atoms with van der Waals surface area (Å²) in [5.41, 5.74) is 6.80. The summed E-state index contributed by atoms with van der Waals surface area (Å²) in [7, 11) is 0. The molecule has 0 aliphatic heterocycles. The molecule has 4 rings (SSSR count). The summed E-state index contributed by atoms with van der Waals surface area (Å²) in [4.78, 5) is 1.72. The third kappa shape index (κ3) is 4.17. The van der Waals surface area contributed by atoms with Crippen molar-refractivity contribution < 1.29 is 5.11 Å². The molecule has 1 aromatic heterocycles. The average molecular weight is 434 g/mol. The van der Waals surface area contributed by atoms with Crippen molar-refractivity contribution in [3.05, 3.63) is 70.7 Å². The fourth-order valence-corrected chi connectivity index (χ4v) is 3.90. The first-order chi connectivity index (χ1) is 14.4. The molecule has 0 aliphatic rings. The Hall–Kier alpha value is -2.85. The highest BCUT2D eigenvalue weighted by atomic mass is 35.5. The molecule has 0 fully saturated rings. The molecule has 1 heterocycles. The van der Waals surface area contributed by atoms with E-state index < -0.39 is 0 Å². The van der Waals surface area contributed by atoms with E-state index in [9.17, 15) is 5.11 Å². The van der Waals surface area contributed by atoms with E-state index in [0.717, 1.165) is 27.8 Å². The van der Waals surface area contributed by atoms with Crippen LogP contribution in [-0.4, -0.2) is 20.1 Å². The van der Waals surface area contributed by atoms with E-state index in [2.05, 4.69) is 53.7 Å². The van der Waals surface area contributed by atoms with Gasteiger partial charge in [0.25, 0.3) is 0 Å². The van der Waals surface area contributed by atoms with E-state index in [-0.39, 0.29) is 16.6 Å². The van der Waals surface area contributed by atoms with Crippen molar-refractivity contribution in [3.63, 3.8) is 0 Å². The second-order valence-corrected chi connectivity index (χ2v) is 10.5. The molecule has 5 heteroatoms. The molecule has 0 spiro atoms. The number of halogens is 1. The highest BCUT2D eigenvalue weighted by Gasteiger charge is 2.27. The Labute approximate surface area is 188 Å². The Bertz CT molecular complexity index is 1260. The van der Waals surface area contributed by atoms with Crippen molar-refractivity contribution in [2.75, 3.05) is 0 Å². The van der Waals surface area contributed by atoms with Crippen LogP contribution in [0.2, 0.25) is 5.02 Å².